The molecule has 5 aromatic carbocycles. The molecule has 0 saturated heterocycles. The summed E-state index contributed by atoms with van der Waals surface area (Å²) in [6.07, 6.45) is 1.71. The summed E-state index contributed by atoms with van der Waals surface area (Å²) in [6.45, 7) is 3.74. The molecule has 0 aliphatic heterocycles. The Morgan fingerprint density at radius 3 is 1.42 bits per heavy atom. The molecule has 7 aromatic rings. The number of para-hydroxylation sites is 2. The molecular formula is C39H35IrN4O2P2+2. The van der Waals surface area contributed by atoms with Crippen molar-refractivity contribution in [3.05, 3.63) is 182 Å². The zero-order valence-corrected chi connectivity index (χ0v) is 30.9. The van der Waals surface area contributed by atoms with Gasteiger partial charge in [-0.05, 0) is 61.3 Å². The van der Waals surface area contributed by atoms with E-state index in [9.17, 15) is 0 Å². The molecule has 9 heteroatoms. The molecule has 48 heavy (non-hydrogen) atoms. The minimum Gasteiger partial charge on any atom is -0.421 e. The Balaban J connectivity index is 0.000000165. The van der Waals surface area contributed by atoms with Crippen LogP contribution in [0.5, 0.6) is 11.5 Å². The van der Waals surface area contributed by atoms with Crippen molar-refractivity contribution in [2.75, 3.05) is 6.66 Å². The fourth-order valence-corrected chi connectivity index (χ4v) is 7.94. The second-order valence-corrected chi connectivity index (χ2v) is 13.9. The van der Waals surface area contributed by atoms with Gasteiger partial charge in [0.2, 0.25) is 0 Å². The maximum absolute atomic E-state index is 5.62. The fourth-order valence-electron chi connectivity index (χ4n) is 4.45. The molecule has 0 saturated carbocycles. The van der Waals surface area contributed by atoms with E-state index in [1.165, 1.54) is 15.9 Å². The topological polar surface area (TPSA) is 71.2 Å². The van der Waals surface area contributed by atoms with Crippen LogP contribution in [0.3, 0.4) is 0 Å². The summed E-state index contributed by atoms with van der Waals surface area (Å²) in [6, 6.07) is 59.1. The Hall–Kier alpha value is -4.50. The van der Waals surface area contributed by atoms with E-state index in [0.29, 0.717) is 11.6 Å². The fraction of sp³-hybridized carbons (Fsp3) is 0.0513. The third kappa shape index (κ3) is 11.6. The molecular weight excluding hydrogens is 811 g/mol. The van der Waals surface area contributed by atoms with Crippen molar-refractivity contribution in [3.63, 3.8) is 0 Å². The first-order valence-electron chi connectivity index (χ1n) is 15.1. The molecule has 0 spiro atoms. The summed E-state index contributed by atoms with van der Waals surface area (Å²) < 4.78 is 11.2. The summed E-state index contributed by atoms with van der Waals surface area (Å²) in [5.74, 6) is 2.70. The van der Waals surface area contributed by atoms with E-state index in [2.05, 4.69) is 123 Å². The Morgan fingerprint density at radius 2 is 1.04 bits per heavy atom. The van der Waals surface area contributed by atoms with Crippen LogP contribution in [0.1, 0.15) is 5.82 Å². The van der Waals surface area contributed by atoms with Crippen molar-refractivity contribution in [1.29, 1.82) is 0 Å². The average molecular weight is 846 g/mol. The van der Waals surface area contributed by atoms with Gasteiger partial charge >= 0.3 is 28.5 Å². The van der Waals surface area contributed by atoms with Crippen molar-refractivity contribution in [2.24, 2.45) is 0 Å². The number of aryl methyl sites for hydroxylation is 1. The van der Waals surface area contributed by atoms with Gasteiger partial charge in [0.25, 0.3) is 0 Å². The van der Waals surface area contributed by atoms with Gasteiger partial charge in [0.05, 0.1) is 25.1 Å². The zero-order chi connectivity index (χ0) is 32.5. The van der Waals surface area contributed by atoms with E-state index in [1.807, 2.05) is 73.4 Å². The Morgan fingerprint density at radius 1 is 0.583 bits per heavy atom. The molecule has 7 rings (SSSR count). The second kappa shape index (κ2) is 20.0. The SMILES string of the molecule is C[PH+](Oc1[c-]cccc1)Oc1[c-]cccc1.Cc1n[n-]c(-c2ccccn2)n1.[Ir+3].c1ccc([PH+](c2ccccc2)c2ccccc2)cc1. The van der Waals surface area contributed by atoms with Gasteiger partial charge in [-0.1, -0.05) is 60.7 Å². The molecule has 2 heterocycles. The Labute approximate surface area is 298 Å². The average Bonchev–Trinajstić information content (AvgIpc) is 3.58. The predicted molar refractivity (Wildman–Crippen MR) is 196 cm³/mol. The third-order valence-electron chi connectivity index (χ3n) is 6.51. The van der Waals surface area contributed by atoms with Crippen molar-refractivity contribution in [2.45, 2.75) is 6.92 Å². The molecule has 0 atom stereocenters. The van der Waals surface area contributed by atoms with E-state index in [1.54, 1.807) is 13.1 Å². The molecule has 0 unspecified atom stereocenters. The van der Waals surface area contributed by atoms with Crippen LogP contribution in [-0.2, 0) is 20.1 Å². The van der Waals surface area contributed by atoms with Gasteiger partial charge in [0, 0.05) is 12.0 Å². The first-order chi connectivity index (χ1) is 23.2. The van der Waals surface area contributed by atoms with Crippen LogP contribution >= 0.6 is 16.3 Å². The Kier molecular flexibility index (Phi) is 15.1. The number of benzene rings is 5. The smallest absolute Gasteiger partial charge is 0.421 e. The van der Waals surface area contributed by atoms with Gasteiger partial charge in [0.1, 0.15) is 22.6 Å². The van der Waals surface area contributed by atoms with Crippen LogP contribution in [0.15, 0.2) is 164 Å². The first kappa shape index (κ1) is 36.3. The van der Waals surface area contributed by atoms with E-state index >= 15 is 0 Å². The molecule has 0 amide bonds. The van der Waals surface area contributed by atoms with Crippen LogP contribution in [0.25, 0.3) is 11.5 Å². The van der Waals surface area contributed by atoms with Crippen LogP contribution in [0.2, 0.25) is 0 Å². The number of aromatic nitrogens is 4. The van der Waals surface area contributed by atoms with Gasteiger partial charge in [0.15, 0.2) is 0 Å². The summed E-state index contributed by atoms with van der Waals surface area (Å²) in [5, 5.41) is 12.0. The van der Waals surface area contributed by atoms with Gasteiger partial charge in [-0.3, -0.25) is 10.1 Å². The zero-order valence-electron chi connectivity index (χ0n) is 26.5. The van der Waals surface area contributed by atoms with E-state index in [0.717, 1.165) is 17.2 Å². The van der Waals surface area contributed by atoms with Gasteiger partial charge < -0.3 is 19.1 Å². The summed E-state index contributed by atoms with van der Waals surface area (Å²) in [4.78, 5) is 8.19. The third-order valence-corrected chi connectivity index (χ3v) is 10.3. The quantitative estimate of drug-likeness (QED) is 0.117. The maximum atomic E-state index is 5.62. The van der Waals surface area contributed by atoms with Gasteiger partial charge in [-0.25, -0.2) is 0 Å². The van der Waals surface area contributed by atoms with E-state index in [-0.39, 0.29) is 20.1 Å². The summed E-state index contributed by atoms with van der Waals surface area (Å²) in [7, 11) is -2.23. The van der Waals surface area contributed by atoms with E-state index in [4.69, 9.17) is 9.05 Å². The normalized spacial score (nSPS) is 10.1. The van der Waals surface area contributed by atoms with E-state index < -0.39 is 16.3 Å². The molecule has 6 nitrogen and oxygen atoms in total. The van der Waals surface area contributed by atoms with Crippen LogP contribution in [-0.4, -0.2) is 21.7 Å². The van der Waals surface area contributed by atoms with Crippen molar-refractivity contribution < 1.29 is 29.2 Å². The Bertz CT molecular complexity index is 1720. The van der Waals surface area contributed by atoms with Crippen molar-refractivity contribution in [3.8, 4) is 23.0 Å². The van der Waals surface area contributed by atoms with Crippen LogP contribution in [0.4, 0.5) is 0 Å². The molecule has 0 N–H and O–H groups in total. The second-order valence-electron chi connectivity index (χ2n) is 10.0. The number of hydrogen-bond acceptors (Lipinski definition) is 5. The summed E-state index contributed by atoms with van der Waals surface area (Å²) in [5.41, 5.74) is 0.762. The molecule has 0 bridgehead atoms. The number of nitrogens with zero attached hydrogens (tertiary/aromatic N) is 4. The van der Waals surface area contributed by atoms with Crippen LogP contribution in [0, 0.1) is 19.1 Å². The molecule has 240 valence electrons. The molecule has 0 aliphatic rings. The molecule has 2 aromatic heterocycles. The number of rotatable bonds is 8. The first-order valence-corrected chi connectivity index (χ1v) is 18.4. The molecule has 0 radical (unpaired) electrons. The van der Waals surface area contributed by atoms with Crippen molar-refractivity contribution in [1.82, 2.24) is 20.2 Å². The van der Waals surface area contributed by atoms with Crippen LogP contribution < -0.4 is 30.1 Å². The molecule has 0 fully saturated rings. The minimum absolute atomic E-state index is 0. The minimum atomic E-state index is -1.36. The number of hydrogen-bond donors (Lipinski definition) is 0. The van der Waals surface area contributed by atoms with Gasteiger partial charge in [-0.2, -0.15) is 36.4 Å². The maximum Gasteiger partial charge on any atom is 3.00 e. The predicted octanol–water partition coefficient (Wildman–Crippen LogP) is 7.40. The summed E-state index contributed by atoms with van der Waals surface area (Å²) >= 11 is 0. The standard InChI is InChI=1S/C18H15P.C13H11O2P.C8H7N4.Ir/c1-4-10-16(11-5-1)19(17-12-6-2-7-13-17)18-14-8-3-9-15-18;1-16(14-12-8-4-2-5-9-12)15-13-10-6-3-7-11-13;1-6-10-8(12-11-6)7-4-2-3-5-9-7;/h1-15H;2-8,10H,1H3;2-5H,1H3;/q;-2;-1;+3/p+2. The number of pyridine rings is 1. The van der Waals surface area contributed by atoms with Gasteiger partial charge in [-0.15, -0.1) is 24.3 Å². The monoisotopic (exact) mass is 846 g/mol. The van der Waals surface area contributed by atoms with Crippen molar-refractivity contribution >= 4 is 32.2 Å². The molecule has 0 aliphatic carbocycles. The largest absolute Gasteiger partial charge is 3.00 e.